The van der Waals surface area contributed by atoms with E-state index in [1.807, 2.05) is 35.7 Å². The Balaban J connectivity index is 1.80. The molecule has 0 saturated carbocycles. The molecule has 0 unspecified atom stereocenters. The van der Waals surface area contributed by atoms with Crippen LogP contribution in [0.15, 0.2) is 36.5 Å². The first-order valence-electron chi connectivity index (χ1n) is 8.09. The Morgan fingerprint density at radius 1 is 1.12 bits per heavy atom. The minimum atomic E-state index is -0.252. The molecule has 2 heterocycles. The zero-order chi connectivity index (χ0) is 18.7. The summed E-state index contributed by atoms with van der Waals surface area (Å²) in [6.07, 6.45) is 1.92. The molecule has 0 atom stereocenters. The van der Waals surface area contributed by atoms with Gasteiger partial charge in [-0.3, -0.25) is 4.79 Å². The molecular formula is C19H21N3O4. The van der Waals surface area contributed by atoms with Gasteiger partial charge in [0.25, 0.3) is 5.91 Å². The molecule has 0 aliphatic carbocycles. The lowest BCUT2D eigenvalue weighted by Gasteiger charge is -2.13. The Bertz CT molecular complexity index is 924. The minimum absolute atomic E-state index is 0.252. The van der Waals surface area contributed by atoms with Gasteiger partial charge in [-0.25, -0.2) is 4.98 Å². The second-order valence-corrected chi connectivity index (χ2v) is 5.72. The first kappa shape index (κ1) is 17.6. The van der Waals surface area contributed by atoms with Crippen LogP contribution in [0.1, 0.15) is 21.7 Å². The lowest BCUT2D eigenvalue weighted by Crippen LogP contribution is -2.23. The number of imidazole rings is 1. The number of hydrogen-bond acceptors (Lipinski definition) is 5. The smallest absolute Gasteiger partial charge is 0.251 e. The Labute approximate surface area is 151 Å². The van der Waals surface area contributed by atoms with Crippen molar-refractivity contribution in [2.24, 2.45) is 0 Å². The van der Waals surface area contributed by atoms with Crippen molar-refractivity contribution in [3.63, 3.8) is 0 Å². The van der Waals surface area contributed by atoms with E-state index in [4.69, 9.17) is 14.2 Å². The monoisotopic (exact) mass is 355 g/mol. The highest BCUT2D eigenvalue weighted by atomic mass is 16.5. The quantitative estimate of drug-likeness (QED) is 0.736. The predicted molar refractivity (Wildman–Crippen MR) is 97.2 cm³/mol. The first-order valence-corrected chi connectivity index (χ1v) is 8.09. The zero-order valence-corrected chi connectivity index (χ0v) is 15.2. The van der Waals surface area contributed by atoms with E-state index in [-0.39, 0.29) is 5.91 Å². The summed E-state index contributed by atoms with van der Waals surface area (Å²) in [5, 5.41) is 2.87. The second kappa shape index (κ2) is 7.35. The van der Waals surface area contributed by atoms with Gasteiger partial charge >= 0.3 is 0 Å². The van der Waals surface area contributed by atoms with Gasteiger partial charge in [0.2, 0.25) is 5.75 Å². The van der Waals surface area contributed by atoms with Crippen LogP contribution in [-0.4, -0.2) is 36.6 Å². The van der Waals surface area contributed by atoms with Gasteiger partial charge in [-0.2, -0.15) is 0 Å². The van der Waals surface area contributed by atoms with E-state index in [1.165, 1.54) is 21.3 Å². The molecule has 0 radical (unpaired) electrons. The normalized spacial score (nSPS) is 10.6. The fourth-order valence-electron chi connectivity index (χ4n) is 2.77. The summed E-state index contributed by atoms with van der Waals surface area (Å²) in [5.41, 5.74) is 3.12. The van der Waals surface area contributed by atoms with Crippen molar-refractivity contribution in [1.82, 2.24) is 14.7 Å². The van der Waals surface area contributed by atoms with E-state index in [2.05, 4.69) is 10.3 Å². The minimum Gasteiger partial charge on any atom is -0.493 e. The number of aromatic nitrogens is 2. The van der Waals surface area contributed by atoms with Crippen molar-refractivity contribution in [3.05, 3.63) is 53.5 Å². The molecule has 0 aliphatic rings. The summed E-state index contributed by atoms with van der Waals surface area (Å²) in [7, 11) is 4.54. The molecule has 26 heavy (non-hydrogen) atoms. The van der Waals surface area contributed by atoms with Gasteiger partial charge in [-0.1, -0.05) is 6.07 Å². The van der Waals surface area contributed by atoms with E-state index in [1.54, 1.807) is 12.1 Å². The molecule has 3 rings (SSSR count). The van der Waals surface area contributed by atoms with E-state index in [0.29, 0.717) is 29.4 Å². The largest absolute Gasteiger partial charge is 0.493 e. The standard InChI is InChI=1S/C19H21N3O4/c1-12-6-5-7-17-21-14(11-22(12)17)10-20-19(23)13-8-15(24-2)18(26-4)16(9-13)25-3/h5-9,11H,10H2,1-4H3,(H,20,23). The van der Waals surface area contributed by atoms with Crippen molar-refractivity contribution < 1.29 is 19.0 Å². The zero-order valence-electron chi connectivity index (χ0n) is 15.2. The summed E-state index contributed by atoms with van der Waals surface area (Å²) in [4.78, 5) is 17.1. The number of methoxy groups -OCH3 is 3. The lowest BCUT2D eigenvalue weighted by molar-refractivity contribution is 0.0949. The third-order valence-electron chi connectivity index (χ3n) is 4.10. The average Bonchev–Trinajstić information content (AvgIpc) is 3.09. The van der Waals surface area contributed by atoms with Gasteiger partial charge in [0.15, 0.2) is 11.5 Å². The van der Waals surface area contributed by atoms with E-state index in [0.717, 1.165) is 17.0 Å². The number of amides is 1. The number of ether oxygens (including phenoxy) is 3. The van der Waals surface area contributed by atoms with Crippen LogP contribution in [0.4, 0.5) is 0 Å². The fourth-order valence-corrected chi connectivity index (χ4v) is 2.77. The van der Waals surface area contributed by atoms with E-state index in [9.17, 15) is 4.79 Å². The number of rotatable bonds is 6. The SMILES string of the molecule is COc1cc(C(=O)NCc2cn3c(C)cccc3n2)cc(OC)c1OC. The Morgan fingerprint density at radius 2 is 1.81 bits per heavy atom. The van der Waals surface area contributed by atoms with Gasteiger partial charge in [0.1, 0.15) is 5.65 Å². The maximum absolute atomic E-state index is 12.5. The highest BCUT2D eigenvalue weighted by Gasteiger charge is 2.17. The third-order valence-corrected chi connectivity index (χ3v) is 4.10. The highest BCUT2D eigenvalue weighted by Crippen LogP contribution is 2.38. The van der Waals surface area contributed by atoms with Gasteiger partial charge in [0, 0.05) is 17.5 Å². The van der Waals surface area contributed by atoms with Crippen molar-refractivity contribution in [3.8, 4) is 17.2 Å². The van der Waals surface area contributed by atoms with Gasteiger partial charge in [-0.05, 0) is 31.2 Å². The van der Waals surface area contributed by atoms with Crippen LogP contribution in [-0.2, 0) is 6.54 Å². The van der Waals surface area contributed by atoms with Crippen LogP contribution in [0.5, 0.6) is 17.2 Å². The maximum atomic E-state index is 12.5. The molecule has 1 N–H and O–H groups in total. The number of carbonyl (C=O) groups excluding carboxylic acids is 1. The topological polar surface area (TPSA) is 74.1 Å². The summed E-state index contributed by atoms with van der Waals surface area (Å²) >= 11 is 0. The molecule has 0 aliphatic heterocycles. The van der Waals surface area contributed by atoms with Crippen LogP contribution >= 0.6 is 0 Å². The van der Waals surface area contributed by atoms with Gasteiger partial charge < -0.3 is 23.9 Å². The third kappa shape index (κ3) is 3.28. The van der Waals surface area contributed by atoms with Crippen LogP contribution in [0.3, 0.4) is 0 Å². The number of carbonyl (C=O) groups is 1. The number of hydrogen-bond donors (Lipinski definition) is 1. The number of nitrogens with one attached hydrogen (secondary N) is 1. The Morgan fingerprint density at radius 3 is 2.38 bits per heavy atom. The summed E-state index contributed by atoms with van der Waals surface area (Å²) in [6.45, 7) is 2.32. The molecule has 1 aromatic carbocycles. The van der Waals surface area contributed by atoms with Crippen molar-refractivity contribution in [1.29, 1.82) is 0 Å². The number of pyridine rings is 1. The average molecular weight is 355 g/mol. The fraction of sp³-hybridized carbons (Fsp3) is 0.263. The highest BCUT2D eigenvalue weighted by molar-refractivity contribution is 5.95. The molecule has 0 fully saturated rings. The molecule has 3 aromatic rings. The Kier molecular flexibility index (Phi) is 4.97. The summed E-state index contributed by atoms with van der Waals surface area (Å²) < 4.78 is 17.8. The first-order chi connectivity index (χ1) is 12.6. The van der Waals surface area contributed by atoms with Crippen LogP contribution in [0.25, 0.3) is 5.65 Å². The molecule has 1 amide bonds. The predicted octanol–water partition coefficient (Wildman–Crippen LogP) is 2.60. The lowest BCUT2D eigenvalue weighted by atomic mass is 10.1. The molecule has 0 spiro atoms. The molecule has 2 aromatic heterocycles. The second-order valence-electron chi connectivity index (χ2n) is 5.72. The molecule has 0 saturated heterocycles. The van der Waals surface area contributed by atoms with Gasteiger partial charge in [0.05, 0.1) is 33.6 Å². The molecule has 7 heteroatoms. The molecular weight excluding hydrogens is 334 g/mol. The van der Waals surface area contributed by atoms with Crippen LogP contribution in [0.2, 0.25) is 0 Å². The maximum Gasteiger partial charge on any atom is 0.251 e. The van der Waals surface area contributed by atoms with Crippen LogP contribution < -0.4 is 19.5 Å². The number of aryl methyl sites for hydroxylation is 1. The summed E-state index contributed by atoms with van der Waals surface area (Å²) in [6, 6.07) is 9.12. The van der Waals surface area contributed by atoms with Crippen molar-refractivity contribution >= 4 is 11.6 Å². The van der Waals surface area contributed by atoms with Crippen molar-refractivity contribution in [2.45, 2.75) is 13.5 Å². The number of benzene rings is 1. The van der Waals surface area contributed by atoms with Crippen LogP contribution in [0, 0.1) is 6.92 Å². The molecule has 136 valence electrons. The molecule has 0 bridgehead atoms. The molecule has 7 nitrogen and oxygen atoms in total. The summed E-state index contributed by atoms with van der Waals surface area (Å²) in [5.74, 6) is 1.06. The van der Waals surface area contributed by atoms with Crippen molar-refractivity contribution in [2.75, 3.05) is 21.3 Å². The van der Waals surface area contributed by atoms with Gasteiger partial charge in [-0.15, -0.1) is 0 Å². The van der Waals surface area contributed by atoms with E-state index >= 15 is 0 Å². The number of fused-ring (bicyclic) bond motifs is 1. The van der Waals surface area contributed by atoms with E-state index < -0.39 is 0 Å². The number of nitrogens with zero attached hydrogens (tertiary/aromatic N) is 2. The Hall–Kier alpha value is -3.22.